The molecule has 1 atom stereocenters. The van der Waals surface area contributed by atoms with E-state index in [1.165, 1.54) is 10.6 Å². The van der Waals surface area contributed by atoms with Gasteiger partial charge in [-0.2, -0.15) is 4.31 Å². The fourth-order valence-electron chi connectivity index (χ4n) is 3.93. The lowest BCUT2D eigenvalue weighted by Gasteiger charge is -2.33. The Kier molecular flexibility index (Phi) is 5.52. The zero-order valence-electron chi connectivity index (χ0n) is 15.5. The highest BCUT2D eigenvalue weighted by Gasteiger charge is 2.48. The molecule has 2 fully saturated rings. The van der Waals surface area contributed by atoms with Crippen molar-refractivity contribution in [1.82, 2.24) is 14.1 Å². The van der Waals surface area contributed by atoms with Crippen LogP contribution in [0.25, 0.3) is 0 Å². The summed E-state index contributed by atoms with van der Waals surface area (Å²) >= 11 is 5.90. The van der Waals surface area contributed by atoms with Gasteiger partial charge in [0, 0.05) is 61.7 Å². The zero-order chi connectivity index (χ0) is 19.8. The summed E-state index contributed by atoms with van der Waals surface area (Å²) in [5.74, 6) is -0.171. The summed E-state index contributed by atoms with van der Waals surface area (Å²) in [5, 5.41) is 0.544. The molecule has 0 N–H and O–H groups in total. The maximum absolute atomic E-state index is 13.0. The highest BCUT2D eigenvalue weighted by Crippen LogP contribution is 2.36. The minimum atomic E-state index is -3.43. The Morgan fingerprint density at radius 3 is 2.37 bits per heavy atom. The van der Waals surface area contributed by atoms with Gasteiger partial charge in [0.1, 0.15) is 0 Å². The number of rotatable bonds is 3. The van der Waals surface area contributed by atoms with Crippen LogP contribution in [0.15, 0.2) is 24.3 Å². The van der Waals surface area contributed by atoms with Crippen molar-refractivity contribution >= 4 is 33.4 Å². The lowest BCUT2D eigenvalue weighted by Crippen LogP contribution is -2.45. The fourth-order valence-corrected chi connectivity index (χ4v) is 4.98. The van der Waals surface area contributed by atoms with Crippen molar-refractivity contribution in [3.8, 4) is 0 Å². The van der Waals surface area contributed by atoms with Crippen LogP contribution in [0.1, 0.15) is 23.7 Å². The molecule has 1 spiro atoms. The molecule has 2 saturated heterocycles. The van der Waals surface area contributed by atoms with Gasteiger partial charge in [-0.1, -0.05) is 11.6 Å². The second-order valence-electron chi connectivity index (χ2n) is 7.41. The zero-order valence-corrected chi connectivity index (χ0v) is 17.1. The van der Waals surface area contributed by atoms with E-state index in [0.29, 0.717) is 30.2 Å². The van der Waals surface area contributed by atoms with Crippen LogP contribution in [0.2, 0.25) is 5.02 Å². The van der Waals surface area contributed by atoms with Gasteiger partial charge < -0.3 is 9.80 Å². The first kappa shape index (κ1) is 20.1. The predicted molar refractivity (Wildman–Crippen MR) is 103 cm³/mol. The molecule has 2 amide bonds. The van der Waals surface area contributed by atoms with Gasteiger partial charge >= 0.3 is 0 Å². The maximum atomic E-state index is 13.0. The van der Waals surface area contributed by atoms with Crippen molar-refractivity contribution in [2.24, 2.45) is 5.41 Å². The van der Waals surface area contributed by atoms with Crippen LogP contribution in [0.3, 0.4) is 0 Å². The normalized spacial score (nSPS) is 24.5. The summed E-state index contributed by atoms with van der Waals surface area (Å²) in [6, 6.07) is 6.63. The SMILES string of the molecule is CCN1C[C@@]2(CC1=O)CN(C(=O)c1ccc(Cl)cc1)CCN(S(C)(=O)=O)C2. The summed E-state index contributed by atoms with van der Waals surface area (Å²) < 4.78 is 25.8. The van der Waals surface area contributed by atoms with E-state index in [2.05, 4.69) is 0 Å². The van der Waals surface area contributed by atoms with Gasteiger partial charge in [0.05, 0.1) is 6.26 Å². The summed E-state index contributed by atoms with van der Waals surface area (Å²) in [4.78, 5) is 28.8. The van der Waals surface area contributed by atoms with E-state index >= 15 is 0 Å². The number of carbonyl (C=O) groups excluding carboxylic acids is 2. The molecule has 0 aromatic heterocycles. The molecule has 148 valence electrons. The standard InChI is InChI=1S/C18H24ClN3O4S/c1-3-20-11-18(10-16(20)23)12-21(8-9-22(13-18)27(2,25)26)17(24)14-4-6-15(19)7-5-14/h4-7H,3,8-13H2,1-2H3/t18-/m0/s1. The second kappa shape index (κ2) is 7.41. The van der Waals surface area contributed by atoms with Crippen LogP contribution in [0, 0.1) is 5.41 Å². The van der Waals surface area contributed by atoms with Gasteiger partial charge in [0.15, 0.2) is 0 Å². The number of nitrogens with zero attached hydrogens (tertiary/aromatic N) is 3. The molecule has 1 aromatic rings. The smallest absolute Gasteiger partial charge is 0.253 e. The highest BCUT2D eigenvalue weighted by molar-refractivity contribution is 7.88. The number of hydrogen-bond donors (Lipinski definition) is 0. The Labute approximate surface area is 164 Å². The van der Waals surface area contributed by atoms with Crippen molar-refractivity contribution in [1.29, 1.82) is 0 Å². The Hall–Kier alpha value is -1.64. The molecule has 27 heavy (non-hydrogen) atoms. The minimum absolute atomic E-state index is 0.00624. The van der Waals surface area contributed by atoms with Crippen LogP contribution < -0.4 is 0 Å². The Morgan fingerprint density at radius 2 is 1.81 bits per heavy atom. The third-order valence-electron chi connectivity index (χ3n) is 5.29. The average Bonchev–Trinajstić information content (AvgIpc) is 2.79. The Bertz CT molecular complexity index is 843. The Balaban J connectivity index is 1.91. The van der Waals surface area contributed by atoms with E-state index in [-0.39, 0.29) is 37.9 Å². The van der Waals surface area contributed by atoms with Gasteiger partial charge in [-0.15, -0.1) is 0 Å². The molecule has 0 bridgehead atoms. The third-order valence-corrected chi connectivity index (χ3v) is 6.79. The summed E-state index contributed by atoms with van der Waals surface area (Å²) in [5.41, 5.74) is -0.0894. The maximum Gasteiger partial charge on any atom is 0.253 e. The fraction of sp³-hybridized carbons (Fsp3) is 0.556. The first-order valence-electron chi connectivity index (χ1n) is 8.91. The van der Waals surface area contributed by atoms with E-state index in [0.717, 1.165) is 0 Å². The van der Waals surface area contributed by atoms with Gasteiger partial charge in [-0.3, -0.25) is 9.59 Å². The first-order valence-corrected chi connectivity index (χ1v) is 11.1. The van der Waals surface area contributed by atoms with Crippen molar-refractivity contribution in [2.75, 3.05) is 45.5 Å². The van der Waals surface area contributed by atoms with Crippen LogP contribution >= 0.6 is 11.6 Å². The van der Waals surface area contributed by atoms with Gasteiger partial charge in [-0.25, -0.2) is 8.42 Å². The average molecular weight is 414 g/mol. The van der Waals surface area contributed by atoms with Crippen LogP contribution in [-0.2, 0) is 14.8 Å². The highest BCUT2D eigenvalue weighted by atomic mass is 35.5. The lowest BCUT2D eigenvalue weighted by atomic mass is 9.86. The molecule has 0 radical (unpaired) electrons. The molecular weight excluding hydrogens is 390 g/mol. The number of benzene rings is 1. The molecule has 3 rings (SSSR count). The molecule has 2 aliphatic rings. The van der Waals surface area contributed by atoms with Gasteiger partial charge in [-0.05, 0) is 31.2 Å². The quantitative estimate of drug-likeness (QED) is 0.748. The van der Waals surface area contributed by atoms with Crippen LogP contribution in [-0.4, -0.2) is 79.9 Å². The summed E-state index contributed by atoms with van der Waals surface area (Å²) in [6.07, 6.45) is 1.42. The molecule has 7 nitrogen and oxygen atoms in total. The van der Waals surface area contributed by atoms with E-state index in [9.17, 15) is 18.0 Å². The number of carbonyl (C=O) groups is 2. The third kappa shape index (κ3) is 4.28. The molecule has 1 aromatic carbocycles. The molecule has 0 unspecified atom stereocenters. The van der Waals surface area contributed by atoms with Crippen molar-refractivity contribution in [3.63, 3.8) is 0 Å². The lowest BCUT2D eigenvalue weighted by molar-refractivity contribution is -0.127. The largest absolute Gasteiger partial charge is 0.342 e. The van der Waals surface area contributed by atoms with Crippen LogP contribution in [0.5, 0.6) is 0 Å². The molecule has 2 aliphatic heterocycles. The predicted octanol–water partition coefficient (Wildman–Crippen LogP) is 1.30. The Morgan fingerprint density at radius 1 is 1.15 bits per heavy atom. The number of halogens is 1. The number of hydrogen-bond acceptors (Lipinski definition) is 4. The topological polar surface area (TPSA) is 78.0 Å². The molecule has 0 aliphatic carbocycles. The van der Waals surface area contributed by atoms with E-state index < -0.39 is 15.4 Å². The van der Waals surface area contributed by atoms with Crippen molar-refractivity contribution in [3.05, 3.63) is 34.9 Å². The monoisotopic (exact) mass is 413 g/mol. The van der Waals surface area contributed by atoms with Gasteiger partial charge in [0.2, 0.25) is 15.9 Å². The van der Waals surface area contributed by atoms with Crippen molar-refractivity contribution < 1.29 is 18.0 Å². The summed E-state index contributed by atoms with van der Waals surface area (Å²) in [7, 11) is -3.43. The molecule has 0 saturated carbocycles. The number of sulfonamides is 1. The molecular formula is C18H24ClN3O4S. The number of amides is 2. The minimum Gasteiger partial charge on any atom is -0.342 e. The van der Waals surface area contributed by atoms with E-state index in [1.54, 1.807) is 34.1 Å². The van der Waals surface area contributed by atoms with Crippen molar-refractivity contribution in [2.45, 2.75) is 13.3 Å². The van der Waals surface area contributed by atoms with Gasteiger partial charge in [0.25, 0.3) is 5.91 Å². The molecule has 2 heterocycles. The van der Waals surface area contributed by atoms with E-state index in [4.69, 9.17) is 11.6 Å². The second-order valence-corrected chi connectivity index (χ2v) is 9.83. The summed E-state index contributed by atoms with van der Waals surface area (Å²) in [6.45, 7) is 4.04. The number of likely N-dealkylation sites (tertiary alicyclic amines) is 1. The first-order chi connectivity index (χ1) is 12.6. The van der Waals surface area contributed by atoms with Crippen LogP contribution in [0.4, 0.5) is 0 Å². The van der Waals surface area contributed by atoms with E-state index in [1.807, 2.05) is 6.92 Å². The molecule has 9 heteroatoms.